The van der Waals surface area contributed by atoms with Gasteiger partial charge in [-0.2, -0.15) is 0 Å². The van der Waals surface area contributed by atoms with E-state index in [1.54, 1.807) is 6.08 Å². The van der Waals surface area contributed by atoms with E-state index in [9.17, 15) is 10.2 Å². The van der Waals surface area contributed by atoms with Crippen LogP contribution in [0.4, 0.5) is 0 Å². The van der Waals surface area contributed by atoms with Gasteiger partial charge in [0.2, 0.25) is 0 Å². The largest absolute Gasteiger partial charge is 0.508 e. The molecule has 0 aromatic heterocycles. The molecule has 3 N–H and O–H groups in total. The second-order valence-corrected chi connectivity index (χ2v) is 4.32. The Hall–Kier alpha value is -1.84. The second-order valence-electron chi connectivity index (χ2n) is 4.32. The minimum absolute atomic E-state index is 0.0657. The number of benzene rings is 1. The Bertz CT molecular complexity index is 490. The van der Waals surface area contributed by atoms with E-state index in [4.69, 9.17) is 0 Å². The van der Waals surface area contributed by atoms with Crippen LogP contribution in [-0.4, -0.2) is 22.5 Å². The van der Waals surface area contributed by atoms with E-state index >= 15 is 0 Å². The molecule has 3 heteroatoms. The lowest BCUT2D eigenvalue weighted by Crippen LogP contribution is -2.48. The van der Waals surface area contributed by atoms with Crippen molar-refractivity contribution in [2.75, 3.05) is 6.54 Å². The smallest absolute Gasteiger partial charge is 0.178 e. The van der Waals surface area contributed by atoms with Crippen LogP contribution in [0.15, 0.2) is 60.9 Å². The highest BCUT2D eigenvalue weighted by Gasteiger charge is 2.34. The number of hydrogen-bond acceptors (Lipinski definition) is 3. The molecule has 0 bridgehead atoms. The first-order valence-corrected chi connectivity index (χ1v) is 5.90. The van der Waals surface area contributed by atoms with Crippen molar-refractivity contribution in [1.82, 2.24) is 5.32 Å². The number of aliphatic hydroxyl groups is 2. The van der Waals surface area contributed by atoms with Gasteiger partial charge in [-0.25, -0.2) is 0 Å². The third kappa shape index (κ3) is 2.53. The van der Waals surface area contributed by atoms with Gasteiger partial charge in [0, 0.05) is 13.0 Å². The number of hydrogen-bond donors (Lipinski definition) is 3. The van der Waals surface area contributed by atoms with Crippen LogP contribution in [0.2, 0.25) is 0 Å². The average Bonchev–Trinajstić information content (AvgIpc) is 2.41. The van der Waals surface area contributed by atoms with Gasteiger partial charge in [-0.1, -0.05) is 42.5 Å². The summed E-state index contributed by atoms with van der Waals surface area (Å²) >= 11 is 0. The summed E-state index contributed by atoms with van der Waals surface area (Å²) in [4.78, 5) is 0. The maximum Gasteiger partial charge on any atom is 0.178 e. The number of aliphatic hydroxyl groups excluding tert-OH is 1. The van der Waals surface area contributed by atoms with Gasteiger partial charge < -0.3 is 10.2 Å². The molecule has 1 aliphatic rings. The van der Waals surface area contributed by atoms with Crippen molar-refractivity contribution in [1.29, 1.82) is 0 Å². The predicted molar refractivity (Wildman–Crippen MR) is 72.9 cm³/mol. The van der Waals surface area contributed by atoms with Crippen LogP contribution in [0, 0.1) is 0 Å². The van der Waals surface area contributed by atoms with Crippen molar-refractivity contribution in [2.45, 2.75) is 12.1 Å². The summed E-state index contributed by atoms with van der Waals surface area (Å²) in [5.41, 5.74) is 0.612. The molecule has 1 aromatic carbocycles. The van der Waals surface area contributed by atoms with E-state index in [0.717, 1.165) is 11.1 Å². The van der Waals surface area contributed by atoms with E-state index in [0.29, 0.717) is 13.0 Å². The first-order chi connectivity index (χ1) is 8.65. The molecule has 1 unspecified atom stereocenters. The van der Waals surface area contributed by atoms with Crippen molar-refractivity contribution in [3.8, 4) is 0 Å². The zero-order valence-electron chi connectivity index (χ0n) is 10.1. The van der Waals surface area contributed by atoms with Crippen LogP contribution in [-0.2, 0) is 0 Å². The minimum Gasteiger partial charge on any atom is -0.508 e. The van der Waals surface area contributed by atoms with Crippen LogP contribution >= 0.6 is 0 Å². The summed E-state index contributed by atoms with van der Waals surface area (Å²) in [7, 11) is 0. The lowest BCUT2D eigenvalue weighted by Gasteiger charge is -2.31. The third-order valence-electron chi connectivity index (χ3n) is 3.00. The maximum atomic E-state index is 10.4. The Morgan fingerprint density at radius 2 is 2.00 bits per heavy atom. The number of nitrogens with one attached hydrogen (secondary N) is 1. The summed E-state index contributed by atoms with van der Waals surface area (Å²) in [6.07, 6.45) is 5.33. The SMILES string of the molecule is C=CCNC1(O)CC(c2ccccc2)=CC=C1O. The molecule has 1 aromatic rings. The highest BCUT2D eigenvalue weighted by Crippen LogP contribution is 2.31. The Balaban J connectivity index is 2.24. The van der Waals surface area contributed by atoms with Crippen LogP contribution in [0.1, 0.15) is 12.0 Å². The fraction of sp³-hybridized carbons (Fsp3) is 0.200. The summed E-state index contributed by atoms with van der Waals surface area (Å²) in [6.45, 7) is 4.02. The molecule has 0 heterocycles. The van der Waals surface area contributed by atoms with Gasteiger partial charge in [-0.05, 0) is 17.2 Å². The van der Waals surface area contributed by atoms with Gasteiger partial charge in [0.25, 0.3) is 0 Å². The van der Waals surface area contributed by atoms with E-state index < -0.39 is 5.72 Å². The molecule has 0 aliphatic heterocycles. The molecule has 0 amide bonds. The van der Waals surface area contributed by atoms with Crippen molar-refractivity contribution in [2.24, 2.45) is 0 Å². The molecule has 18 heavy (non-hydrogen) atoms. The van der Waals surface area contributed by atoms with Gasteiger partial charge in [0.15, 0.2) is 5.72 Å². The van der Waals surface area contributed by atoms with Crippen LogP contribution in [0.3, 0.4) is 0 Å². The summed E-state index contributed by atoms with van der Waals surface area (Å²) in [6, 6.07) is 9.81. The molecule has 0 spiro atoms. The van der Waals surface area contributed by atoms with Gasteiger partial charge >= 0.3 is 0 Å². The van der Waals surface area contributed by atoms with Crippen molar-refractivity contribution in [3.05, 3.63) is 66.5 Å². The summed E-state index contributed by atoms with van der Waals surface area (Å²) in [5.74, 6) is -0.0657. The average molecular weight is 243 g/mol. The fourth-order valence-electron chi connectivity index (χ4n) is 1.99. The van der Waals surface area contributed by atoms with Crippen LogP contribution in [0.25, 0.3) is 5.57 Å². The lowest BCUT2D eigenvalue weighted by molar-refractivity contribution is 0.0101. The van der Waals surface area contributed by atoms with E-state index in [1.165, 1.54) is 6.08 Å². The van der Waals surface area contributed by atoms with Crippen LogP contribution in [0.5, 0.6) is 0 Å². The molecule has 0 radical (unpaired) electrons. The molecule has 94 valence electrons. The molecule has 0 saturated heterocycles. The topological polar surface area (TPSA) is 52.5 Å². The molecule has 1 aliphatic carbocycles. The fourth-order valence-corrected chi connectivity index (χ4v) is 1.99. The lowest BCUT2D eigenvalue weighted by atomic mass is 9.90. The van der Waals surface area contributed by atoms with Crippen LogP contribution < -0.4 is 5.32 Å². The molecule has 2 rings (SSSR count). The molecular formula is C15H17NO2. The first kappa shape index (κ1) is 12.6. The van der Waals surface area contributed by atoms with Crippen molar-refractivity contribution < 1.29 is 10.2 Å². The Morgan fingerprint density at radius 3 is 2.67 bits per heavy atom. The van der Waals surface area contributed by atoms with Crippen molar-refractivity contribution >= 4 is 5.57 Å². The Morgan fingerprint density at radius 1 is 1.28 bits per heavy atom. The Kier molecular flexibility index (Phi) is 3.65. The van der Waals surface area contributed by atoms with Gasteiger partial charge in [-0.15, -0.1) is 6.58 Å². The predicted octanol–water partition coefficient (Wildman–Crippen LogP) is 2.38. The highest BCUT2D eigenvalue weighted by molar-refractivity contribution is 5.69. The van der Waals surface area contributed by atoms with Gasteiger partial charge in [0.05, 0.1) is 0 Å². The zero-order chi connectivity index (χ0) is 13.0. The van der Waals surface area contributed by atoms with Gasteiger partial charge in [0.1, 0.15) is 5.76 Å². The van der Waals surface area contributed by atoms with Gasteiger partial charge in [-0.3, -0.25) is 5.32 Å². The van der Waals surface area contributed by atoms with E-state index in [2.05, 4.69) is 11.9 Å². The van der Waals surface area contributed by atoms with Crippen molar-refractivity contribution in [3.63, 3.8) is 0 Å². The Labute approximate surface area is 107 Å². The second kappa shape index (κ2) is 5.21. The highest BCUT2D eigenvalue weighted by atomic mass is 16.3. The monoisotopic (exact) mass is 243 g/mol. The number of allylic oxidation sites excluding steroid dienone is 2. The number of rotatable bonds is 4. The minimum atomic E-state index is -1.41. The third-order valence-corrected chi connectivity index (χ3v) is 3.00. The quantitative estimate of drug-likeness (QED) is 0.562. The molecule has 3 nitrogen and oxygen atoms in total. The summed E-state index contributed by atoms with van der Waals surface area (Å²) < 4.78 is 0. The molecular weight excluding hydrogens is 226 g/mol. The standard InChI is InChI=1S/C15H17NO2/c1-2-10-16-15(18)11-13(8-9-14(15)17)12-6-4-3-5-7-12/h2-9,16-18H,1,10-11H2. The van der Waals surface area contributed by atoms with E-state index in [-0.39, 0.29) is 5.76 Å². The molecule has 0 saturated carbocycles. The molecule has 0 fully saturated rings. The summed E-state index contributed by atoms with van der Waals surface area (Å²) in [5, 5.41) is 23.0. The molecule has 1 atom stereocenters. The maximum absolute atomic E-state index is 10.4. The van der Waals surface area contributed by atoms with E-state index in [1.807, 2.05) is 36.4 Å². The first-order valence-electron chi connectivity index (χ1n) is 5.90. The normalized spacial score (nSPS) is 23.2. The zero-order valence-corrected chi connectivity index (χ0v) is 10.1.